The summed E-state index contributed by atoms with van der Waals surface area (Å²) < 4.78 is 10.7. The molecule has 5 nitrogen and oxygen atoms in total. The molecular weight excluding hydrogens is 373 g/mol. The van der Waals surface area contributed by atoms with Gasteiger partial charge in [0.25, 0.3) is 0 Å². The van der Waals surface area contributed by atoms with Gasteiger partial charge in [0.05, 0.1) is 0 Å². The van der Waals surface area contributed by atoms with Crippen molar-refractivity contribution in [3.63, 3.8) is 0 Å². The first-order chi connectivity index (χ1) is 10.5. The third-order valence-corrected chi connectivity index (χ3v) is 5.65. The van der Waals surface area contributed by atoms with Gasteiger partial charge in [0, 0.05) is 0 Å². The molecule has 22 heavy (non-hydrogen) atoms. The van der Waals surface area contributed by atoms with Crippen LogP contribution in [0.25, 0.3) is 0 Å². The molecule has 0 aromatic heterocycles. The fourth-order valence-corrected chi connectivity index (χ4v) is 4.57. The number of hydrogen-bond donors (Lipinski definition) is 0. The number of halogens is 1. The average molecular weight is 387 g/mol. The first-order valence-corrected chi connectivity index (χ1v) is 8.49. The molecule has 0 spiro atoms. The van der Waals surface area contributed by atoms with Crippen LogP contribution < -0.4 is 0 Å². The number of aliphatic imine (C=N–C) groups is 1. The molecule has 1 aliphatic rings. The van der Waals surface area contributed by atoms with Crippen LogP contribution in [0.3, 0.4) is 0 Å². The number of carbonyl (C=O) groups excluding carboxylic acids is 2. The fourth-order valence-electron chi connectivity index (χ4n) is 1.95. The van der Waals surface area contributed by atoms with Crippen molar-refractivity contribution in [1.29, 1.82) is 0 Å². The zero-order valence-electron chi connectivity index (χ0n) is 12.3. The van der Waals surface area contributed by atoms with E-state index in [-0.39, 0.29) is 5.57 Å². The Bertz CT molecular complexity index is 667. The molecule has 0 saturated carbocycles. The first kappa shape index (κ1) is 16.7. The van der Waals surface area contributed by atoms with E-state index in [1.165, 1.54) is 14.2 Å². The van der Waals surface area contributed by atoms with Gasteiger partial charge in [-0.3, -0.25) is 0 Å². The second-order valence-electron chi connectivity index (χ2n) is 4.45. The Hall–Kier alpha value is -1.62. The number of nitrogens with zero attached hydrogens (tertiary/aromatic N) is 1. The van der Waals surface area contributed by atoms with Crippen LogP contribution in [0, 0.1) is 0 Å². The van der Waals surface area contributed by atoms with Crippen molar-refractivity contribution in [1.82, 2.24) is 0 Å². The third-order valence-electron chi connectivity index (χ3n) is 3.04. The van der Waals surface area contributed by atoms with Gasteiger partial charge in [-0.05, 0) is 0 Å². The Labute approximate surface area is 139 Å². The van der Waals surface area contributed by atoms with Gasteiger partial charge in [-0.1, -0.05) is 0 Å². The van der Waals surface area contributed by atoms with E-state index in [4.69, 9.17) is 21.1 Å². The minimum atomic E-state index is -0.548. The monoisotopic (exact) mass is 387 g/mol. The van der Waals surface area contributed by atoms with Crippen molar-refractivity contribution in [2.45, 2.75) is 13.0 Å². The second kappa shape index (κ2) is 7.09. The van der Waals surface area contributed by atoms with Gasteiger partial charge < -0.3 is 0 Å². The van der Waals surface area contributed by atoms with E-state index in [0.29, 0.717) is 9.49 Å². The molecule has 0 saturated heterocycles. The fraction of sp³-hybridized carbons (Fsp3) is 0.267. The van der Waals surface area contributed by atoms with Crippen LogP contribution in [0.5, 0.6) is 0 Å². The van der Waals surface area contributed by atoms with Crippen LogP contribution in [0.15, 0.2) is 39.3 Å². The predicted octanol–water partition coefficient (Wildman–Crippen LogP) is 1.79. The van der Waals surface area contributed by atoms with Crippen LogP contribution in [-0.4, -0.2) is 51.8 Å². The van der Waals surface area contributed by atoms with Crippen molar-refractivity contribution in [2.24, 2.45) is 4.99 Å². The summed E-state index contributed by atoms with van der Waals surface area (Å²) in [7, 11) is 2.57. The van der Waals surface area contributed by atoms with Crippen LogP contribution in [-0.2, 0) is 19.1 Å². The molecule has 1 heterocycles. The Morgan fingerprint density at radius 3 is 2.27 bits per heavy atom. The van der Waals surface area contributed by atoms with Crippen molar-refractivity contribution < 1.29 is 19.1 Å². The van der Waals surface area contributed by atoms with Gasteiger partial charge in [-0.25, -0.2) is 0 Å². The van der Waals surface area contributed by atoms with Gasteiger partial charge in [0.15, 0.2) is 0 Å². The molecule has 116 valence electrons. The maximum atomic E-state index is 12.0. The molecule has 0 amide bonds. The summed E-state index contributed by atoms with van der Waals surface area (Å²) in [5, 5.41) is 0.625. The van der Waals surface area contributed by atoms with Crippen molar-refractivity contribution in [3.05, 3.63) is 44.9 Å². The SMILES string of the molecule is COC(=O)C1=C(C(=O)OC)C(C)N=C(c2ccc(Cl)cc2)[Se]1. The van der Waals surface area contributed by atoms with E-state index in [0.717, 1.165) is 10.2 Å². The number of rotatable bonds is 3. The number of esters is 2. The van der Waals surface area contributed by atoms with Crippen LogP contribution >= 0.6 is 11.6 Å². The molecule has 7 heteroatoms. The number of hydrogen-bond acceptors (Lipinski definition) is 5. The van der Waals surface area contributed by atoms with Crippen molar-refractivity contribution >= 4 is 43.1 Å². The molecule has 1 aliphatic heterocycles. The summed E-state index contributed by atoms with van der Waals surface area (Å²) in [5.41, 5.74) is 1.15. The molecule has 0 aliphatic carbocycles. The third kappa shape index (κ3) is 3.40. The van der Waals surface area contributed by atoms with E-state index < -0.39 is 32.9 Å². The summed E-state index contributed by atoms with van der Waals surface area (Å²) in [6.45, 7) is 1.75. The maximum absolute atomic E-state index is 12.0. The summed E-state index contributed by atoms with van der Waals surface area (Å²) >= 11 is 5.44. The van der Waals surface area contributed by atoms with Gasteiger partial charge in [0.1, 0.15) is 0 Å². The normalized spacial score (nSPS) is 17.8. The Kier molecular flexibility index (Phi) is 5.40. The van der Waals surface area contributed by atoms with Gasteiger partial charge in [-0.2, -0.15) is 0 Å². The van der Waals surface area contributed by atoms with E-state index in [1.54, 1.807) is 19.1 Å². The topological polar surface area (TPSA) is 65.0 Å². The molecule has 1 aromatic rings. The minimum absolute atomic E-state index is 0.270. The molecule has 1 atom stereocenters. The Morgan fingerprint density at radius 1 is 1.14 bits per heavy atom. The molecule has 2 rings (SSSR count). The standard InChI is InChI=1S/C15H14ClNO4Se/c1-8-11(14(18)20-2)12(15(19)21-3)22-13(17-8)9-4-6-10(16)7-5-9/h4-8H,1-3H3. The number of methoxy groups -OCH3 is 2. The Balaban J connectivity index is 2.43. The molecular formula is C15H14ClNO4Se. The summed E-state index contributed by atoms with van der Waals surface area (Å²) in [6, 6.07) is 6.74. The van der Waals surface area contributed by atoms with Gasteiger partial charge >= 0.3 is 139 Å². The first-order valence-electron chi connectivity index (χ1n) is 6.40. The van der Waals surface area contributed by atoms with E-state index in [2.05, 4.69) is 4.99 Å². The predicted molar refractivity (Wildman–Crippen MR) is 84.3 cm³/mol. The molecule has 1 aromatic carbocycles. The summed E-state index contributed by atoms with van der Waals surface area (Å²) in [6.07, 6.45) is 0. The number of benzene rings is 1. The van der Waals surface area contributed by atoms with E-state index in [9.17, 15) is 9.59 Å². The second-order valence-corrected chi connectivity index (χ2v) is 6.98. The van der Waals surface area contributed by atoms with Gasteiger partial charge in [-0.15, -0.1) is 0 Å². The average Bonchev–Trinajstić information content (AvgIpc) is 2.53. The van der Waals surface area contributed by atoms with Gasteiger partial charge in [0.2, 0.25) is 0 Å². The van der Waals surface area contributed by atoms with Crippen molar-refractivity contribution in [2.75, 3.05) is 14.2 Å². The Morgan fingerprint density at radius 2 is 1.73 bits per heavy atom. The van der Waals surface area contributed by atoms with E-state index in [1.807, 2.05) is 12.1 Å². The number of ether oxygens (including phenoxy) is 2. The van der Waals surface area contributed by atoms with Crippen molar-refractivity contribution in [3.8, 4) is 0 Å². The van der Waals surface area contributed by atoms with Crippen LogP contribution in [0.4, 0.5) is 0 Å². The quantitative estimate of drug-likeness (QED) is 0.587. The zero-order valence-corrected chi connectivity index (χ0v) is 14.7. The molecule has 0 N–H and O–H groups in total. The summed E-state index contributed by atoms with van der Waals surface area (Å²) in [5.74, 6) is -1.07. The van der Waals surface area contributed by atoms with Crippen LogP contribution in [0.2, 0.25) is 5.02 Å². The molecule has 1 unspecified atom stereocenters. The van der Waals surface area contributed by atoms with E-state index >= 15 is 0 Å². The molecule has 0 radical (unpaired) electrons. The molecule has 0 bridgehead atoms. The molecule has 0 fully saturated rings. The zero-order chi connectivity index (χ0) is 16.3. The number of carbonyl (C=O) groups is 2. The summed E-state index contributed by atoms with van der Waals surface area (Å²) in [4.78, 5) is 28.5. The van der Waals surface area contributed by atoms with Crippen LogP contribution in [0.1, 0.15) is 12.5 Å².